The Hall–Kier alpha value is -8.72. The second-order valence-electron chi connectivity index (χ2n) is 16.9. The van der Waals surface area contributed by atoms with E-state index in [1.165, 1.54) is 71.5 Å². The van der Waals surface area contributed by atoms with E-state index in [0.29, 0.717) is 0 Å². The largest absolute Gasteiger partial charge is 0.310 e. The van der Waals surface area contributed by atoms with Gasteiger partial charge in [-0.05, 0) is 134 Å². The summed E-state index contributed by atoms with van der Waals surface area (Å²) >= 11 is 0. The van der Waals surface area contributed by atoms with E-state index in [0.717, 1.165) is 39.4 Å². The Morgan fingerprint density at radius 2 is 0.788 bits per heavy atom. The number of hydrogen-bond acceptors (Lipinski definition) is 1. The van der Waals surface area contributed by atoms with Crippen molar-refractivity contribution < 1.29 is 0 Å². The zero-order valence-electron chi connectivity index (χ0n) is 36.3. The fourth-order valence-electron chi connectivity index (χ4n) is 9.89. The average molecular weight is 841 g/mol. The molecule has 1 heterocycles. The van der Waals surface area contributed by atoms with E-state index >= 15 is 0 Å². The first-order valence-electron chi connectivity index (χ1n) is 22.7. The minimum atomic E-state index is 1.08. The monoisotopic (exact) mass is 840 g/mol. The lowest BCUT2D eigenvalue weighted by atomic mass is 9.93. The van der Waals surface area contributed by atoms with Crippen LogP contribution in [0.5, 0.6) is 0 Å². The number of aromatic nitrogens is 1. The van der Waals surface area contributed by atoms with Crippen molar-refractivity contribution in [2.24, 2.45) is 0 Å². The first-order chi connectivity index (χ1) is 32.7. The number of rotatable bonds is 9. The zero-order valence-corrected chi connectivity index (χ0v) is 36.3. The van der Waals surface area contributed by atoms with Crippen LogP contribution >= 0.6 is 0 Å². The molecule has 2 heteroatoms. The molecule has 0 amide bonds. The van der Waals surface area contributed by atoms with Crippen LogP contribution in [0.4, 0.5) is 17.1 Å². The molecule has 0 unspecified atom stereocenters. The number of fused-ring (bicyclic) bond motifs is 5. The molecule has 310 valence electrons. The van der Waals surface area contributed by atoms with Gasteiger partial charge in [0.05, 0.1) is 16.7 Å². The molecule has 0 saturated heterocycles. The highest BCUT2D eigenvalue weighted by atomic mass is 15.1. The highest BCUT2D eigenvalue weighted by molar-refractivity contribution is 6.25. The van der Waals surface area contributed by atoms with E-state index in [4.69, 9.17) is 0 Å². The Kier molecular flexibility index (Phi) is 9.89. The Labute approximate surface area is 385 Å². The molecule has 0 spiro atoms. The number of benzene rings is 11. The Balaban J connectivity index is 1.04. The number of para-hydroxylation sites is 2. The molecule has 0 radical (unpaired) electrons. The summed E-state index contributed by atoms with van der Waals surface area (Å²) in [6.45, 7) is 0. The van der Waals surface area contributed by atoms with E-state index in [1.807, 2.05) is 0 Å². The predicted molar refractivity (Wildman–Crippen MR) is 280 cm³/mol. The van der Waals surface area contributed by atoms with Crippen LogP contribution in [0.3, 0.4) is 0 Å². The van der Waals surface area contributed by atoms with E-state index in [1.54, 1.807) is 0 Å². The topological polar surface area (TPSA) is 8.17 Å². The number of nitrogens with zero attached hydrogens (tertiary/aromatic N) is 2. The molecule has 11 aromatic carbocycles. The Morgan fingerprint density at radius 3 is 1.47 bits per heavy atom. The third kappa shape index (κ3) is 7.02. The first kappa shape index (κ1) is 38.9. The van der Waals surface area contributed by atoms with Crippen LogP contribution < -0.4 is 4.90 Å². The number of anilines is 3. The minimum absolute atomic E-state index is 1.08. The summed E-state index contributed by atoms with van der Waals surface area (Å²) in [5, 5.41) is 5.00. The van der Waals surface area contributed by atoms with Crippen LogP contribution in [0.15, 0.2) is 267 Å². The van der Waals surface area contributed by atoms with Gasteiger partial charge in [-0.1, -0.05) is 194 Å². The van der Waals surface area contributed by atoms with E-state index < -0.39 is 0 Å². The molecular weight excluding hydrogens is 797 g/mol. The second kappa shape index (κ2) is 16.8. The van der Waals surface area contributed by atoms with Crippen molar-refractivity contribution in [3.63, 3.8) is 0 Å². The molecule has 0 bridgehead atoms. The van der Waals surface area contributed by atoms with E-state index in [9.17, 15) is 0 Å². The van der Waals surface area contributed by atoms with Gasteiger partial charge in [0.1, 0.15) is 0 Å². The summed E-state index contributed by atoms with van der Waals surface area (Å²) in [5.41, 5.74) is 18.6. The third-order valence-electron chi connectivity index (χ3n) is 12.9. The maximum Gasteiger partial charge on any atom is 0.0547 e. The molecule has 2 nitrogen and oxygen atoms in total. The Morgan fingerprint density at radius 1 is 0.273 bits per heavy atom. The molecule has 0 atom stereocenters. The fraction of sp³-hybridized carbons (Fsp3) is 0. The van der Waals surface area contributed by atoms with Crippen molar-refractivity contribution >= 4 is 49.6 Å². The molecule has 0 aliphatic rings. The smallest absolute Gasteiger partial charge is 0.0547 e. The van der Waals surface area contributed by atoms with Crippen molar-refractivity contribution in [2.45, 2.75) is 0 Å². The lowest BCUT2D eigenvalue weighted by Crippen LogP contribution is -2.11. The maximum atomic E-state index is 2.42. The highest BCUT2D eigenvalue weighted by Gasteiger charge is 2.21. The lowest BCUT2D eigenvalue weighted by Gasteiger charge is -2.28. The van der Waals surface area contributed by atoms with Gasteiger partial charge >= 0.3 is 0 Å². The van der Waals surface area contributed by atoms with Gasteiger partial charge in [0.2, 0.25) is 0 Å². The molecule has 0 N–H and O–H groups in total. The molecule has 1 aromatic heterocycles. The Bertz CT molecular complexity index is 3610. The lowest BCUT2D eigenvalue weighted by molar-refractivity contribution is 1.18. The SMILES string of the molecule is c1ccc(-c2cc(-c3ccccc3)cc(-c3ccc(N(c4cccc(-c5cccc6c5c5c7ccccc7ccc5n6-c5ccccc5)c4)c4ccccc4-c4ccccc4)cc3)c2)cc1. The molecule has 0 aliphatic carbocycles. The molecule has 0 aliphatic heterocycles. The van der Waals surface area contributed by atoms with Gasteiger partial charge in [0.15, 0.2) is 0 Å². The van der Waals surface area contributed by atoms with Gasteiger partial charge < -0.3 is 9.47 Å². The van der Waals surface area contributed by atoms with Crippen molar-refractivity contribution in [3.05, 3.63) is 267 Å². The molecule has 12 rings (SSSR count). The summed E-state index contributed by atoms with van der Waals surface area (Å²) in [6.07, 6.45) is 0. The van der Waals surface area contributed by atoms with Crippen LogP contribution in [-0.2, 0) is 0 Å². The first-order valence-corrected chi connectivity index (χ1v) is 22.7. The van der Waals surface area contributed by atoms with Crippen molar-refractivity contribution in [2.75, 3.05) is 4.90 Å². The normalized spacial score (nSPS) is 11.3. The van der Waals surface area contributed by atoms with Crippen LogP contribution in [0, 0.1) is 0 Å². The third-order valence-corrected chi connectivity index (χ3v) is 12.9. The van der Waals surface area contributed by atoms with Gasteiger partial charge in [-0.15, -0.1) is 0 Å². The molecule has 66 heavy (non-hydrogen) atoms. The van der Waals surface area contributed by atoms with Crippen LogP contribution in [0.2, 0.25) is 0 Å². The zero-order chi connectivity index (χ0) is 43.8. The summed E-state index contributed by atoms with van der Waals surface area (Å²) in [7, 11) is 0. The predicted octanol–water partition coefficient (Wildman–Crippen LogP) is 17.7. The van der Waals surface area contributed by atoms with E-state index in [2.05, 4.69) is 276 Å². The summed E-state index contributed by atoms with van der Waals surface area (Å²) in [4.78, 5) is 2.42. The van der Waals surface area contributed by atoms with Crippen LogP contribution in [-0.4, -0.2) is 4.57 Å². The minimum Gasteiger partial charge on any atom is -0.310 e. The molecule has 12 aromatic rings. The highest BCUT2D eigenvalue weighted by Crippen LogP contribution is 2.46. The van der Waals surface area contributed by atoms with Crippen LogP contribution in [0.1, 0.15) is 0 Å². The van der Waals surface area contributed by atoms with E-state index in [-0.39, 0.29) is 0 Å². The quantitative estimate of drug-likeness (QED) is 0.141. The van der Waals surface area contributed by atoms with Gasteiger partial charge in [-0.3, -0.25) is 0 Å². The summed E-state index contributed by atoms with van der Waals surface area (Å²) < 4.78 is 2.42. The van der Waals surface area contributed by atoms with Crippen LogP contribution in [0.25, 0.3) is 93.9 Å². The molecule has 0 saturated carbocycles. The van der Waals surface area contributed by atoms with Gasteiger partial charge in [0.25, 0.3) is 0 Å². The van der Waals surface area contributed by atoms with Gasteiger partial charge in [-0.2, -0.15) is 0 Å². The maximum absolute atomic E-state index is 2.42. The standard InChI is InChI=1S/C64H44N2/c1-5-19-45(20-6-1)51-41-52(46-21-7-2-8-22-46)43-53(42-51)47-35-38-55(39-36-47)65(60-33-16-15-30-57(60)48-23-9-3-10-24-48)56-29-17-26-50(44-56)59-32-18-34-61-64(59)63-58-31-14-13-25-49(58)37-40-62(63)66(61)54-27-11-4-12-28-54/h1-44H. The van der Waals surface area contributed by atoms with Crippen molar-refractivity contribution in [1.82, 2.24) is 4.57 Å². The molecular formula is C64H44N2. The van der Waals surface area contributed by atoms with Gasteiger partial charge in [0, 0.05) is 33.4 Å². The fourth-order valence-corrected chi connectivity index (χ4v) is 9.89. The molecule has 0 fully saturated rings. The van der Waals surface area contributed by atoms with Crippen molar-refractivity contribution in [1.29, 1.82) is 0 Å². The number of hydrogen-bond donors (Lipinski definition) is 0. The average Bonchev–Trinajstić information content (AvgIpc) is 3.75. The van der Waals surface area contributed by atoms with Crippen molar-refractivity contribution in [3.8, 4) is 61.3 Å². The summed E-state index contributed by atoms with van der Waals surface area (Å²) in [6, 6.07) is 96.9. The summed E-state index contributed by atoms with van der Waals surface area (Å²) in [5.74, 6) is 0. The van der Waals surface area contributed by atoms with Gasteiger partial charge in [-0.25, -0.2) is 0 Å². The second-order valence-corrected chi connectivity index (χ2v) is 16.9.